The summed E-state index contributed by atoms with van der Waals surface area (Å²) in [5.41, 5.74) is 8.38. The Labute approximate surface area is 182 Å². The second-order valence-electron chi connectivity index (χ2n) is 8.47. The first kappa shape index (κ1) is 20.9. The van der Waals surface area contributed by atoms with Gasteiger partial charge in [0.2, 0.25) is 5.91 Å². The topological polar surface area (TPSA) is 65.9 Å². The summed E-state index contributed by atoms with van der Waals surface area (Å²) in [6.45, 7) is 7.09. The monoisotopic (exact) mass is 427 g/mol. The normalized spacial score (nSPS) is 19.2. The number of fused-ring (bicyclic) bond motifs is 1. The van der Waals surface area contributed by atoms with Crippen molar-refractivity contribution in [3.8, 4) is 0 Å². The molecule has 0 bridgehead atoms. The SMILES string of the molecule is C[C@@H]1CCc2c(C(=O)NNC(=O)CC[NH+]3CCN(c4ccccc4)CC3)csc2C1. The van der Waals surface area contributed by atoms with E-state index < -0.39 is 0 Å². The van der Waals surface area contributed by atoms with Crippen LogP contribution in [0.25, 0.3) is 0 Å². The van der Waals surface area contributed by atoms with Gasteiger partial charge in [-0.1, -0.05) is 25.1 Å². The Morgan fingerprint density at radius 2 is 1.93 bits per heavy atom. The third-order valence-corrected chi connectivity index (χ3v) is 7.31. The van der Waals surface area contributed by atoms with Gasteiger partial charge in [-0.05, 0) is 42.9 Å². The van der Waals surface area contributed by atoms with Gasteiger partial charge in [0.25, 0.3) is 5.91 Å². The van der Waals surface area contributed by atoms with Crippen LogP contribution < -0.4 is 20.7 Å². The molecule has 4 rings (SSSR count). The molecule has 2 aliphatic rings. The van der Waals surface area contributed by atoms with Crippen LogP contribution in [0.5, 0.6) is 0 Å². The van der Waals surface area contributed by atoms with Crippen molar-refractivity contribution in [2.45, 2.75) is 32.6 Å². The number of hydrazine groups is 1. The molecule has 0 saturated carbocycles. The molecule has 0 radical (unpaired) electrons. The van der Waals surface area contributed by atoms with Gasteiger partial charge in [-0.15, -0.1) is 11.3 Å². The van der Waals surface area contributed by atoms with E-state index in [4.69, 9.17) is 0 Å². The molecule has 1 aromatic carbocycles. The van der Waals surface area contributed by atoms with Gasteiger partial charge >= 0.3 is 0 Å². The van der Waals surface area contributed by atoms with Gasteiger partial charge in [0.1, 0.15) is 0 Å². The minimum atomic E-state index is -0.195. The van der Waals surface area contributed by atoms with E-state index in [1.54, 1.807) is 11.3 Å². The van der Waals surface area contributed by atoms with Crippen molar-refractivity contribution in [3.05, 3.63) is 51.7 Å². The lowest BCUT2D eigenvalue weighted by Crippen LogP contribution is -3.15. The van der Waals surface area contributed by atoms with Crippen molar-refractivity contribution in [1.29, 1.82) is 0 Å². The molecule has 3 N–H and O–H groups in total. The van der Waals surface area contributed by atoms with Crippen molar-refractivity contribution in [2.75, 3.05) is 37.6 Å². The highest BCUT2D eigenvalue weighted by Crippen LogP contribution is 2.32. The summed E-state index contributed by atoms with van der Waals surface area (Å²) in [4.78, 5) is 29.9. The number of hydrogen-bond acceptors (Lipinski definition) is 4. The number of rotatable bonds is 5. The third kappa shape index (κ3) is 5.02. The van der Waals surface area contributed by atoms with E-state index in [0.717, 1.165) is 57.5 Å². The van der Waals surface area contributed by atoms with Gasteiger partial charge in [0, 0.05) is 15.9 Å². The number of nitrogens with one attached hydrogen (secondary N) is 3. The summed E-state index contributed by atoms with van der Waals surface area (Å²) in [5, 5.41) is 1.93. The van der Waals surface area contributed by atoms with Crippen LogP contribution in [0.4, 0.5) is 5.69 Å². The molecule has 0 spiro atoms. The summed E-state index contributed by atoms with van der Waals surface area (Å²) >= 11 is 1.67. The zero-order chi connectivity index (χ0) is 20.9. The number of carbonyl (C=O) groups excluding carboxylic acids is 2. The molecule has 30 heavy (non-hydrogen) atoms. The van der Waals surface area contributed by atoms with Gasteiger partial charge in [-0.25, -0.2) is 0 Å². The molecule has 1 aliphatic carbocycles. The van der Waals surface area contributed by atoms with Crippen LogP contribution in [0.3, 0.4) is 0 Å². The average Bonchev–Trinajstić information content (AvgIpc) is 3.20. The number of thiophene rings is 1. The molecule has 7 heteroatoms. The molecule has 2 amide bonds. The Morgan fingerprint density at radius 1 is 1.17 bits per heavy atom. The first-order chi connectivity index (χ1) is 14.6. The average molecular weight is 428 g/mol. The molecule has 1 aliphatic heterocycles. The number of para-hydroxylation sites is 1. The summed E-state index contributed by atoms with van der Waals surface area (Å²) in [7, 11) is 0. The predicted octanol–water partition coefficient (Wildman–Crippen LogP) is 1.43. The zero-order valence-electron chi connectivity index (χ0n) is 17.6. The van der Waals surface area contributed by atoms with Gasteiger partial charge in [0.15, 0.2) is 0 Å². The molecule has 0 unspecified atom stereocenters. The Morgan fingerprint density at radius 3 is 2.70 bits per heavy atom. The van der Waals surface area contributed by atoms with Crippen molar-refractivity contribution < 1.29 is 14.5 Å². The number of hydrogen-bond donors (Lipinski definition) is 3. The Balaban J connectivity index is 1.18. The van der Waals surface area contributed by atoms with Crippen LogP contribution in [0, 0.1) is 5.92 Å². The summed E-state index contributed by atoms with van der Waals surface area (Å²) in [6.07, 6.45) is 3.55. The van der Waals surface area contributed by atoms with E-state index in [2.05, 4.69) is 46.9 Å². The maximum Gasteiger partial charge on any atom is 0.270 e. The Kier molecular flexibility index (Phi) is 6.69. The molecule has 2 aromatic rings. The molecule has 1 fully saturated rings. The van der Waals surface area contributed by atoms with Crippen LogP contribution in [-0.2, 0) is 17.6 Å². The van der Waals surface area contributed by atoms with Crippen LogP contribution in [0.1, 0.15) is 40.6 Å². The van der Waals surface area contributed by atoms with Crippen molar-refractivity contribution >= 4 is 28.8 Å². The second-order valence-corrected chi connectivity index (χ2v) is 9.44. The first-order valence-corrected chi connectivity index (χ1v) is 11.8. The van der Waals surface area contributed by atoms with Gasteiger partial charge in [0.05, 0.1) is 44.7 Å². The number of nitrogens with zero attached hydrogens (tertiary/aromatic N) is 1. The first-order valence-electron chi connectivity index (χ1n) is 10.9. The fourth-order valence-electron chi connectivity index (χ4n) is 4.38. The molecule has 2 heterocycles. The quantitative estimate of drug-likeness (QED) is 0.633. The fourth-order valence-corrected chi connectivity index (χ4v) is 5.63. The van der Waals surface area contributed by atoms with Crippen LogP contribution in [-0.4, -0.2) is 44.5 Å². The largest absolute Gasteiger partial charge is 0.360 e. The maximum absolute atomic E-state index is 12.5. The van der Waals surface area contributed by atoms with Gasteiger partial charge < -0.3 is 9.80 Å². The lowest BCUT2D eigenvalue weighted by molar-refractivity contribution is -0.900. The van der Waals surface area contributed by atoms with E-state index in [-0.39, 0.29) is 11.8 Å². The van der Waals surface area contributed by atoms with Gasteiger partial charge in [-0.2, -0.15) is 0 Å². The summed E-state index contributed by atoms with van der Waals surface area (Å²) in [5.74, 6) is 0.363. The molecule has 1 atom stereocenters. The maximum atomic E-state index is 12.5. The third-order valence-electron chi connectivity index (χ3n) is 6.26. The van der Waals surface area contributed by atoms with Crippen molar-refractivity contribution in [2.24, 2.45) is 5.92 Å². The van der Waals surface area contributed by atoms with E-state index in [1.807, 2.05) is 11.4 Å². The molecule has 1 aromatic heterocycles. The highest BCUT2D eigenvalue weighted by atomic mass is 32.1. The number of benzene rings is 1. The highest BCUT2D eigenvalue weighted by Gasteiger charge is 2.24. The van der Waals surface area contributed by atoms with E-state index >= 15 is 0 Å². The van der Waals surface area contributed by atoms with Crippen LogP contribution in [0.15, 0.2) is 35.7 Å². The molecular formula is C23H31N4O2S+. The van der Waals surface area contributed by atoms with Crippen LogP contribution in [0.2, 0.25) is 0 Å². The Hall–Kier alpha value is -2.38. The lowest BCUT2D eigenvalue weighted by Gasteiger charge is -2.33. The number of piperazine rings is 1. The highest BCUT2D eigenvalue weighted by molar-refractivity contribution is 7.10. The van der Waals surface area contributed by atoms with E-state index in [0.29, 0.717) is 12.3 Å². The number of anilines is 1. The molecule has 160 valence electrons. The lowest BCUT2D eigenvalue weighted by atomic mass is 9.88. The minimum Gasteiger partial charge on any atom is -0.360 e. The Bertz CT molecular complexity index is 875. The minimum absolute atomic E-state index is 0.126. The molecule has 1 saturated heterocycles. The van der Waals surface area contributed by atoms with Gasteiger partial charge in [-0.3, -0.25) is 20.4 Å². The summed E-state index contributed by atoms with van der Waals surface area (Å²) in [6, 6.07) is 10.5. The number of amides is 2. The standard InChI is InChI=1S/C23H30N4O2S/c1-17-7-8-19-20(16-30-21(19)15-17)23(29)25-24-22(28)9-10-26-11-13-27(14-12-26)18-5-3-2-4-6-18/h2-6,16-17H,7-15H2,1H3,(H,24,28)(H,25,29)/p+1/t17-/m1/s1. The second kappa shape index (κ2) is 9.62. The van der Waals surface area contributed by atoms with Crippen molar-refractivity contribution in [3.63, 3.8) is 0 Å². The molecular weight excluding hydrogens is 396 g/mol. The number of carbonyl (C=O) groups is 2. The van der Waals surface area contributed by atoms with Crippen LogP contribution >= 0.6 is 11.3 Å². The smallest absolute Gasteiger partial charge is 0.270 e. The zero-order valence-corrected chi connectivity index (χ0v) is 18.4. The molecule has 6 nitrogen and oxygen atoms in total. The summed E-state index contributed by atoms with van der Waals surface area (Å²) < 4.78 is 0. The van der Waals surface area contributed by atoms with Crippen molar-refractivity contribution in [1.82, 2.24) is 10.9 Å². The predicted molar refractivity (Wildman–Crippen MR) is 120 cm³/mol. The van der Waals surface area contributed by atoms with E-state index in [9.17, 15) is 9.59 Å². The number of quaternary nitrogens is 1. The fraction of sp³-hybridized carbons (Fsp3) is 0.478. The van der Waals surface area contributed by atoms with E-state index in [1.165, 1.54) is 21.0 Å².